The Hall–Kier alpha value is -1.05. The van der Waals surface area contributed by atoms with Crippen LogP contribution in [0.3, 0.4) is 0 Å². The second-order valence-electron chi connectivity index (χ2n) is 5.22. The molecule has 0 amide bonds. The number of piperidine rings is 1. The van der Waals surface area contributed by atoms with Crippen molar-refractivity contribution in [1.82, 2.24) is 9.62 Å². The molecule has 1 aliphatic heterocycles. The van der Waals surface area contributed by atoms with Crippen molar-refractivity contribution in [2.75, 3.05) is 26.2 Å². The van der Waals surface area contributed by atoms with Gasteiger partial charge in [-0.05, 0) is 50.0 Å². The van der Waals surface area contributed by atoms with E-state index in [0.717, 1.165) is 44.1 Å². The molecule has 4 nitrogen and oxygen atoms in total. The van der Waals surface area contributed by atoms with E-state index in [9.17, 15) is 17.2 Å². The predicted molar refractivity (Wildman–Crippen MR) is 76.4 cm³/mol. The molecule has 21 heavy (non-hydrogen) atoms. The Balaban J connectivity index is 2.24. The summed E-state index contributed by atoms with van der Waals surface area (Å²) in [5.74, 6) is -1.43. The quantitative estimate of drug-likeness (QED) is 0.903. The Labute approximate surface area is 124 Å². The fraction of sp³-hybridized carbons (Fsp3) is 0.571. The third-order valence-electron chi connectivity index (χ3n) is 3.78. The van der Waals surface area contributed by atoms with Crippen molar-refractivity contribution >= 4 is 10.0 Å². The van der Waals surface area contributed by atoms with E-state index in [2.05, 4.69) is 5.32 Å². The summed E-state index contributed by atoms with van der Waals surface area (Å²) in [6.45, 7) is 4.00. The lowest BCUT2D eigenvalue weighted by atomic mass is 9.98. The molecule has 0 radical (unpaired) electrons. The van der Waals surface area contributed by atoms with E-state index in [4.69, 9.17) is 0 Å². The highest BCUT2D eigenvalue weighted by atomic mass is 32.2. The molecule has 1 heterocycles. The summed E-state index contributed by atoms with van der Waals surface area (Å²) in [5.41, 5.74) is 0. The number of nitrogens with zero attached hydrogens (tertiary/aromatic N) is 1. The van der Waals surface area contributed by atoms with Crippen LogP contribution in [0.15, 0.2) is 23.1 Å². The number of sulfonamides is 1. The van der Waals surface area contributed by atoms with E-state index in [1.807, 2.05) is 0 Å². The van der Waals surface area contributed by atoms with Gasteiger partial charge in [-0.25, -0.2) is 17.2 Å². The van der Waals surface area contributed by atoms with Crippen LogP contribution in [0.25, 0.3) is 0 Å². The lowest BCUT2D eigenvalue weighted by Gasteiger charge is -2.28. The second kappa shape index (κ2) is 6.81. The Morgan fingerprint density at radius 2 is 1.95 bits per heavy atom. The number of nitrogens with one attached hydrogen (secondary N) is 1. The summed E-state index contributed by atoms with van der Waals surface area (Å²) in [6, 6.07) is 2.51. The standard InChI is InChI=1S/C14H20F2N2O2S/c1-2-18(10-11-5-7-17-8-6-11)21(19,20)14-9-12(15)3-4-13(14)16/h3-4,9,11,17H,2,5-8,10H2,1H3. The van der Waals surface area contributed by atoms with Crippen LogP contribution >= 0.6 is 0 Å². The third-order valence-corrected chi connectivity index (χ3v) is 5.74. The highest BCUT2D eigenvalue weighted by Crippen LogP contribution is 2.23. The minimum absolute atomic E-state index is 0.238. The zero-order chi connectivity index (χ0) is 15.5. The fourth-order valence-electron chi connectivity index (χ4n) is 2.56. The first kappa shape index (κ1) is 16.3. The SMILES string of the molecule is CCN(CC1CCNCC1)S(=O)(=O)c1cc(F)ccc1F. The highest BCUT2D eigenvalue weighted by Gasteiger charge is 2.29. The van der Waals surface area contributed by atoms with Crippen molar-refractivity contribution < 1.29 is 17.2 Å². The minimum Gasteiger partial charge on any atom is -0.317 e. The van der Waals surface area contributed by atoms with Gasteiger partial charge in [0, 0.05) is 13.1 Å². The molecule has 0 atom stereocenters. The third kappa shape index (κ3) is 3.78. The maximum atomic E-state index is 13.8. The molecule has 1 N–H and O–H groups in total. The van der Waals surface area contributed by atoms with Gasteiger partial charge in [0.25, 0.3) is 0 Å². The molecule has 0 aromatic heterocycles. The molecule has 0 aliphatic carbocycles. The van der Waals surface area contributed by atoms with Gasteiger partial charge in [0.15, 0.2) is 0 Å². The van der Waals surface area contributed by atoms with Crippen LogP contribution in [-0.4, -0.2) is 38.9 Å². The zero-order valence-electron chi connectivity index (χ0n) is 12.0. The van der Waals surface area contributed by atoms with E-state index in [-0.39, 0.29) is 12.5 Å². The van der Waals surface area contributed by atoms with Crippen molar-refractivity contribution in [3.8, 4) is 0 Å². The van der Waals surface area contributed by atoms with E-state index < -0.39 is 26.6 Å². The summed E-state index contributed by atoms with van der Waals surface area (Å²) in [7, 11) is -4.01. The first-order valence-corrected chi connectivity index (χ1v) is 8.55. The van der Waals surface area contributed by atoms with Crippen LogP contribution in [-0.2, 0) is 10.0 Å². The van der Waals surface area contributed by atoms with E-state index in [1.165, 1.54) is 4.31 Å². The van der Waals surface area contributed by atoms with Crippen LogP contribution in [0.1, 0.15) is 19.8 Å². The lowest BCUT2D eigenvalue weighted by Crippen LogP contribution is -2.39. The van der Waals surface area contributed by atoms with Crippen LogP contribution in [0.5, 0.6) is 0 Å². The Morgan fingerprint density at radius 3 is 2.57 bits per heavy atom. The maximum Gasteiger partial charge on any atom is 0.246 e. The number of benzene rings is 1. The van der Waals surface area contributed by atoms with E-state index in [1.54, 1.807) is 6.92 Å². The molecule has 0 unspecified atom stereocenters. The second-order valence-corrected chi connectivity index (χ2v) is 7.13. The summed E-state index contributed by atoms with van der Waals surface area (Å²) in [6.07, 6.45) is 1.77. The molecule has 1 aliphatic rings. The summed E-state index contributed by atoms with van der Waals surface area (Å²) < 4.78 is 53.3. The smallest absolute Gasteiger partial charge is 0.246 e. The number of rotatable bonds is 5. The molecule has 1 saturated heterocycles. The molecule has 0 bridgehead atoms. The molecule has 7 heteroatoms. The van der Waals surface area contributed by atoms with Crippen LogP contribution in [0.4, 0.5) is 8.78 Å². The summed E-state index contributed by atoms with van der Waals surface area (Å²) in [4.78, 5) is -0.585. The van der Waals surface area contributed by atoms with E-state index >= 15 is 0 Å². The molecule has 2 rings (SSSR count). The number of hydrogen-bond acceptors (Lipinski definition) is 3. The van der Waals surface area contributed by atoms with Crippen LogP contribution in [0, 0.1) is 17.6 Å². The average molecular weight is 318 g/mol. The monoisotopic (exact) mass is 318 g/mol. The minimum atomic E-state index is -4.01. The zero-order valence-corrected chi connectivity index (χ0v) is 12.8. The highest BCUT2D eigenvalue weighted by molar-refractivity contribution is 7.89. The van der Waals surface area contributed by atoms with Gasteiger partial charge in [0.05, 0.1) is 0 Å². The fourth-order valence-corrected chi connectivity index (χ4v) is 4.16. The maximum absolute atomic E-state index is 13.8. The van der Waals surface area contributed by atoms with Crippen molar-refractivity contribution in [3.05, 3.63) is 29.8 Å². The van der Waals surface area contributed by atoms with Gasteiger partial charge < -0.3 is 5.32 Å². The van der Waals surface area contributed by atoms with Gasteiger partial charge in [-0.15, -0.1) is 0 Å². The van der Waals surface area contributed by atoms with Gasteiger partial charge in [0.1, 0.15) is 16.5 Å². The van der Waals surface area contributed by atoms with Crippen LogP contribution < -0.4 is 5.32 Å². The Morgan fingerprint density at radius 1 is 1.29 bits per heavy atom. The van der Waals surface area contributed by atoms with Gasteiger partial charge in [-0.1, -0.05) is 6.92 Å². The molecule has 0 spiro atoms. The summed E-state index contributed by atoms with van der Waals surface area (Å²) in [5, 5.41) is 3.22. The Kier molecular flexibility index (Phi) is 5.29. The normalized spacial score (nSPS) is 17.3. The van der Waals surface area contributed by atoms with Crippen molar-refractivity contribution in [3.63, 3.8) is 0 Å². The number of hydrogen-bond donors (Lipinski definition) is 1. The molecule has 1 fully saturated rings. The largest absolute Gasteiger partial charge is 0.317 e. The van der Waals surface area contributed by atoms with Crippen molar-refractivity contribution in [1.29, 1.82) is 0 Å². The first-order chi connectivity index (χ1) is 9.95. The van der Waals surface area contributed by atoms with Gasteiger partial charge in [-0.2, -0.15) is 4.31 Å². The van der Waals surface area contributed by atoms with Gasteiger partial charge in [0.2, 0.25) is 10.0 Å². The molecular weight excluding hydrogens is 298 g/mol. The molecule has 118 valence electrons. The topological polar surface area (TPSA) is 49.4 Å². The van der Waals surface area contributed by atoms with Gasteiger partial charge >= 0.3 is 0 Å². The Bertz CT molecular complexity index is 587. The first-order valence-electron chi connectivity index (χ1n) is 7.11. The molecule has 1 aromatic rings. The van der Waals surface area contributed by atoms with Crippen LogP contribution in [0.2, 0.25) is 0 Å². The molecule has 1 aromatic carbocycles. The lowest BCUT2D eigenvalue weighted by molar-refractivity contribution is 0.293. The van der Waals surface area contributed by atoms with Crippen molar-refractivity contribution in [2.45, 2.75) is 24.7 Å². The van der Waals surface area contributed by atoms with Gasteiger partial charge in [-0.3, -0.25) is 0 Å². The summed E-state index contributed by atoms with van der Waals surface area (Å²) >= 11 is 0. The molecular formula is C14H20F2N2O2S. The predicted octanol–water partition coefficient (Wildman–Crippen LogP) is 1.97. The van der Waals surface area contributed by atoms with Crippen molar-refractivity contribution in [2.24, 2.45) is 5.92 Å². The average Bonchev–Trinajstić information content (AvgIpc) is 2.48. The molecule has 0 saturated carbocycles. The van der Waals surface area contributed by atoms with E-state index in [0.29, 0.717) is 6.54 Å². The number of halogens is 2.